The Hall–Kier alpha value is -4.54. The van der Waals surface area contributed by atoms with Gasteiger partial charge in [0.05, 0.1) is 30.2 Å². The summed E-state index contributed by atoms with van der Waals surface area (Å²) in [5.74, 6) is -1.33. The number of carbonyl (C=O) groups excluding carboxylic acids is 2. The maximum absolute atomic E-state index is 12.0. The standard InChI is InChI=1S/2C16H13N4O4S2.Co.Li/c2*1-9(21)15(16-18-11-4-2-3-5-14(11)25-16)20-19-12-8-10(26(17,23)24)6-7-13(12)22;;/h2*2-8,22H,1H3,(H2,17,23,24);;/q2*-1;;+1. The minimum atomic E-state index is -3.96. The van der Waals surface area contributed by atoms with Crippen molar-refractivity contribution in [3.63, 3.8) is 0 Å². The molecular formula is C32H26CoLiN8O8S4-. The molecule has 0 atom stereocenters. The van der Waals surface area contributed by atoms with Gasteiger partial charge in [0.25, 0.3) is 0 Å². The van der Waals surface area contributed by atoms with Crippen LogP contribution >= 0.6 is 22.7 Å². The topological polar surface area (TPSA) is 270 Å². The smallest absolute Gasteiger partial charge is 0.506 e. The number of sulfonamides is 2. The van der Waals surface area contributed by atoms with Gasteiger partial charge in [-0.25, -0.2) is 27.1 Å². The summed E-state index contributed by atoms with van der Waals surface area (Å²) >= 11 is 2.56. The van der Waals surface area contributed by atoms with E-state index in [2.05, 4.69) is 30.4 Å². The molecule has 0 fully saturated rings. The number of nitrogens with two attached hydrogens (primary N) is 2. The fourth-order valence-corrected chi connectivity index (χ4v) is 7.27. The Balaban J connectivity index is 0.000000280. The summed E-state index contributed by atoms with van der Waals surface area (Å²) in [4.78, 5) is 32.2. The molecule has 0 aliphatic carbocycles. The van der Waals surface area contributed by atoms with E-state index >= 15 is 0 Å². The van der Waals surface area contributed by atoms with Crippen molar-refractivity contribution in [3.05, 3.63) is 107 Å². The normalized spacial score (nSPS) is 11.5. The molecule has 277 valence electrons. The minimum absolute atomic E-state index is 0. The molecule has 2 aromatic heterocycles. The van der Waals surface area contributed by atoms with E-state index in [1.807, 2.05) is 48.5 Å². The fraction of sp³-hybridized carbons (Fsp3) is 0.0625. The number of aromatic hydroxyl groups is 2. The number of thiazole rings is 2. The van der Waals surface area contributed by atoms with Crippen LogP contribution in [0.3, 0.4) is 0 Å². The summed E-state index contributed by atoms with van der Waals surface area (Å²) < 4.78 is 47.4. The molecule has 0 saturated heterocycles. The van der Waals surface area contributed by atoms with E-state index in [9.17, 15) is 36.6 Å². The fourth-order valence-electron chi connectivity index (χ4n) is 4.20. The first-order valence-electron chi connectivity index (χ1n) is 14.5. The predicted molar refractivity (Wildman–Crippen MR) is 193 cm³/mol. The molecule has 0 spiro atoms. The van der Waals surface area contributed by atoms with Crippen molar-refractivity contribution in [2.45, 2.75) is 23.6 Å². The molecular weight excluding hydrogens is 819 g/mol. The van der Waals surface area contributed by atoms with Crippen LogP contribution in [0.2, 0.25) is 0 Å². The van der Waals surface area contributed by atoms with E-state index in [-0.39, 0.29) is 92.0 Å². The molecule has 22 heteroatoms. The summed E-state index contributed by atoms with van der Waals surface area (Å²) in [6, 6.07) is 21.5. The summed E-state index contributed by atoms with van der Waals surface area (Å²) in [5, 5.41) is 46.0. The van der Waals surface area contributed by atoms with Gasteiger partial charge in [0.2, 0.25) is 20.0 Å². The average Bonchev–Trinajstić information content (AvgIpc) is 3.70. The Morgan fingerprint density at radius 3 is 1.31 bits per heavy atom. The Morgan fingerprint density at radius 1 is 0.648 bits per heavy atom. The quantitative estimate of drug-likeness (QED) is 0.0890. The maximum atomic E-state index is 12.0. The van der Waals surface area contributed by atoms with Crippen molar-refractivity contribution in [1.29, 1.82) is 0 Å². The third-order valence-electron chi connectivity index (χ3n) is 6.73. The van der Waals surface area contributed by atoms with Crippen LogP contribution in [0.25, 0.3) is 20.4 Å². The van der Waals surface area contributed by atoms with E-state index < -0.39 is 20.0 Å². The molecule has 0 aliphatic rings. The Morgan fingerprint density at radius 2 is 1.00 bits per heavy atom. The van der Waals surface area contributed by atoms with Crippen LogP contribution < -0.4 is 29.1 Å². The first-order valence-corrected chi connectivity index (χ1v) is 19.3. The number of benzene rings is 4. The van der Waals surface area contributed by atoms with Crippen LogP contribution in [-0.4, -0.2) is 48.6 Å². The second kappa shape index (κ2) is 18.2. The van der Waals surface area contributed by atoms with Gasteiger partial charge in [-0.15, -0.1) is 34.8 Å². The number of phenolic OH excluding ortho intramolecular Hbond substituents is 2. The van der Waals surface area contributed by atoms with Crippen LogP contribution in [0.15, 0.2) is 115 Å². The minimum Gasteiger partial charge on any atom is -0.506 e. The summed E-state index contributed by atoms with van der Waals surface area (Å²) in [7, 11) is -7.93. The van der Waals surface area contributed by atoms with Crippen molar-refractivity contribution in [2.24, 2.45) is 30.7 Å². The van der Waals surface area contributed by atoms with Gasteiger partial charge >= 0.3 is 18.9 Å². The third-order valence-corrected chi connectivity index (χ3v) is 10.6. The molecule has 54 heavy (non-hydrogen) atoms. The van der Waals surface area contributed by atoms with Crippen molar-refractivity contribution in [2.75, 3.05) is 0 Å². The predicted octanol–water partition coefficient (Wildman–Crippen LogP) is 2.81. The van der Waals surface area contributed by atoms with Gasteiger partial charge in [-0.3, -0.25) is 9.97 Å². The first-order chi connectivity index (χ1) is 24.5. The zero-order valence-electron chi connectivity index (χ0n) is 28.2. The summed E-state index contributed by atoms with van der Waals surface area (Å²) in [6.45, 7) is 2.64. The molecule has 2 heterocycles. The molecule has 6 aromatic rings. The van der Waals surface area contributed by atoms with Crippen molar-refractivity contribution >= 4 is 86.1 Å². The number of rotatable bonds is 10. The van der Waals surface area contributed by atoms with Crippen LogP contribution in [0, 0.1) is 12.1 Å². The Bertz CT molecular complexity index is 2370. The first kappa shape index (κ1) is 43.9. The molecule has 1 radical (unpaired) electrons. The van der Waals surface area contributed by atoms with E-state index in [0.29, 0.717) is 10.0 Å². The maximum Gasteiger partial charge on any atom is 1.00 e. The number of carbonyl (C=O) groups is 2. The second-order valence-corrected chi connectivity index (χ2v) is 15.8. The van der Waals surface area contributed by atoms with E-state index in [0.717, 1.165) is 56.8 Å². The number of nitrogens with zero attached hydrogens (tertiary/aromatic N) is 6. The monoisotopic (exact) mass is 844 g/mol. The molecule has 4 aromatic carbocycles. The van der Waals surface area contributed by atoms with Crippen LogP contribution in [0.1, 0.15) is 23.9 Å². The molecule has 0 unspecified atom stereocenters. The largest absolute Gasteiger partial charge is 1.00 e. The van der Waals surface area contributed by atoms with Crippen LogP contribution in [-0.2, 0) is 46.4 Å². The SMILES string of the molecule is CC(=O)[C-](N=Nc1cc(S(N)(=O)=O)ccc1O)c1nc2ccccc2s1.CC(=O)[C-](N=Nc1cc(S(N)(=O)=O)ccc1O)c1nc2ccccc2s1.[Co].[Li+]. The molecule has 6 rings (SSSR count). The van der Waals surface area contributed by atoms with Crippen LogP contribution in [0.5, 0.6) is 11.5 Å². The Kier molecular flexibility index (Phi) is 14.8. The zero-order chi connectivity index (χ0) is 37.8. The number of phenols is 2. The van der Waals surface area contributed by atoms with Gasteiger partial charge in [-0.2, -0.15) is 10.2 Å². The van der Waals surface area contributed by atoms with E-state index in [1.54, 1.807) is 0 Å². The van der Waals surface area contributed by atoms with Gasteiger partial charge < -0.3 is 30.0 Å². The molecule has 16 nitrogen and oxygen atoms in total. The molecule has 0 bridgehead atoms. The molecule has 0 saturated carbocycles. The van der Waals surface area contributed by atoms with Gasteiger partial charge in [0.1, 0.15) is 22.9 Å². The molecule has 6 N–H and O–H groups in total. The summed E-state index contributed by atoms with van der Waals surface area (Å²) in [6.07, 6.45) is 0. The van der Waals surface area contributed by atoms with Crippen LogP contribution in [0.4, 0.5) is 11.4 Å². The van der Waals surface area contributed by atoms with Gasteiger partial charge in [0, 0.05) is 28.3 Å². The third kappa shape index (κ3) is 10.8. The van der Waals surface area contributed by atoms with Crippen molar-refractivity contribution in [1.82, 2.24) is 9.97 Å². The number of ketones is 2. The van der Waals surface area contributed by atoms with Gasteiger partial charge in [-0.05, 0) is 84.5 Å². The van der Waals surface area contributed by atoms with Crippen molar-refractivity contribution in [3.8, 4) is 11.5 Å². The van der Waals surface area contributed by atoms with Gasteiger partial charge in [-0.1, -0.05) is 24.3 Å². The van der Waals surface area contributed by atoms with E-state index in [1.165, 1.54) is 36.5 Å². The zero-order valence-corrected chi connectivity index (χ0v) is 32.5. The second-order valence-electron chi connectivity index (χ2n) is 10.6. The number of Topliss-reactive ketones (excluding diaryl/α,β-unsaturated/α-hetero) is 2. The number of fused-ring (bicyclic) bond motifs is 2. The van der Waals surface area contributed by atoms with Crippen molar-refractivity contribution < 1.29 is 72.3 Å². The molecule has 0 aliphatic heterocycles. The summed E-state index contributed by atoms with van der Waals surface area (Å²) in [5.41, 5.74) is 1.19. The number of aromatic nitrogens is 2. The number of para-hydroxylation sites is 2. The number of azo groups is 2. The molecule has 0 amide bonds. The van der Waals surface area contributed by atoms with E-state index in [4.69, 9.17) is 10.3 Å². The number of hydrogen-bond acceptors (Lipinski definition) is 16. The number of primary sulfonamides is 2. The van der Waals surface area contributed by atoms with Gasteiger partial charge in [0.15, 0.2) is 0 Å². The Labute approximate surface area is 339 Å². The number of hydrogen-bond donors (Lipinski definition) is 4. The average molecular weight is 845 g/mol.